The summed E-state index contributed by atoms with van der Waals surface area (Å²) in [6.45, 7) is 0. The Bertz CT molecular complexity index is 519. The van der Waals surface area contributed by atoms with Crippen molar-refractivity contribution in [3.8, 4) is 0 Å². The number of aromatic nitrogens is 2. The van der Waals surface area contributed by atoms with Gasteiger partial charge in [-0.3, -0.25) is 9.48 Å². The fourth-order valence-corrected chi connectivity index (χ4v) is 1.51. The smallest absolute Gasteiger partial charge is 0.167 e. The van der Waals surface area contributed by atoms with E-state index in [1.54, 1.807) is 30.2 Å². The average molecular weight is 218 g/mol. The molecule has 0 fully saturated rings. The Labute approximate surface area is 92.5 Å². The van der Waals surface area contributed by atoms with Crippen LogP contribution in [0.2, 0.25) is 0 Å². The van der Waals surface area contributed by atoms with Crippen molar-refractivity contribution in [2.75, 3.05) is 0 Å². The highest BCUT2D eigenvalue weighted by molar-refractivity contribution is 5.97. The Morgan fingerprint density at radius 3 is 2.94 bits per heavy atom. The maximum atomic E-state index is 12.9. The molecular weight excluding hydrogens is 207 g/mol. The Kier molecular flexibility index (Phi) is 2.81. The first-order chi connectivity index (χ1) is 7.65. The van der Waals surface area contributed by atoms with Crippen LogP contribution in [-0.2, 0) is 13.5 Å². The second-order valence-electron chi connectivity index (χ2n) is 3.63. The van der Waals surface area contributed by atoms with E-state index in [-0.39, 0.29) is 12.2 Å². The lowest BCUT2D eigenvalue weighted by Crippen LogP contribution is -2.03. The lowest BCUT2D eigenvalue weighted by atomic mass is 10.1. The van der Waals surface area contributed by atoms with Crippen LogP contribution in [0.5, 0.6) is 0 Å². The summed E-state index contributed by atoms with van der Waals surface area (Å²) in [4.78, 5) is 11.8. The predicted molar refractivity (Wildman–Crippen MR) is 57.6 cm³/mol. The second kappa shape index (κ2) is 4.26. The van der Waals surface area contributed by atoms with Crippen molar-refractivity contribution in [2.24, 2.45) is 7.05 Å². The Hall–Kier alpha value is -1.97. The van der Waals surface area contributed by atoms with E-state index in [9.17, 15) is 9.18 Å². The minimum atomic E-state index is -0.392. The summed E-state index contributed by atoms with van der Waals surface area (Å²) in [7, 11) is 1.79. The molecule has 0 aliphatic carbocycles. The van der Waals surface area contributed by atoms with Gasteiger partial charge in [0, 0.05) is 25.2 Å². The molecule has 0 atom stereocenters. The third kappa shape index (κ3) is 2.34. The number of nitrogens with zero attached hydrogens (tertiary/aromatic N) is 2. The molecule has 0 unspecified atom stereocenters. The first-order valence-electron chi connectivity index (χ1n) is 4.91. The van der Waals surface area contributed by atoms with E-state index in [0.717, 1.165) is 5.56 Å². The van der Waals surface area contributed by atoms with Gasteiger partial charge >= 0.3 is 0 Å². The van der Waals surface area contributed by atoms with Crippen LogP contribution >= 0.6 is 0 Å². The van der Waals surface area contributed by atoms with Crippen molar-refractivity contribution in [2.45, 2.75) is 6.42 Å². The van der Waals surface area contributed by atoms with Gasteiger partial charge in [-0.1, -0.05) is 12.1 Å². The monoisotopic (exact) mass is 218 g/mol. The molecule has 0 radical (unpaired) electrons. The number of aryl methyl sites for hydroxylation is 1. The van der Waals surface area contributed by atoms with Crippen molar-refractivity contribution in [1.29, 1.82) is 0 Å². The van der Waals surface area contributed by atoms with Crippen LogP contribution in [0.15, 0.2) is 36.7 Å². The van der Waals surface area contributed by atoms with Gasteiger partial charge in [-0.15, -0.1) is 0 Å². The van der Waals surface area contributed by atoms with Crippen molar-refractivity contribution in [3.63, 3.8) is 0 Å². The van der Waals surface area contributed by atoms with E-state index in [1.165, 1.54) is 18.2 Å². The van der Waals surface area contributed by atoms with Crippen molar-refractivity contribution in [1.82, 2.24) is 9.78 Å². The maximum absolute atomic E-state index is 12.9. The van der Waals surface area contributed by atoms with E-state index >= 15 is 0 Å². The minimum absolute atomic E-state index is 0.104. The molecule has 0 aliphatic heterocycles. The Morgan fingerprint density at radius 1 is 1.50 bits per heavy atom. The molecule has 0 saturated heterocycles. The maximum Gasteiger partial charge on any atom is 0.167 e. The summed E-state index contributed by atoms with van der Waals surface area (Å²) < 4.78 is 14.5. The van der Waals surface area contributed by atoms with Crippen LogP contribution in [0.3, 0.4) is 0 Å². The van der Waals surface area contributed by atoms with E-state index in [0.29, 0.717) is 5.56 Å². The summed E-state index contributed by atoms with van der Waals surface area (Å²) >= 11 is 0. The number of carbonyl (C=O) groups is 1. The third-order valence-electron chi connectivity index (χ3n) is 2.27. The lowest BCUT2D eigenvalue weighted by molar-refractivity contribution is 0.0992. The highest BCUT2D eigenvalue weighted by Gasteiger charge is 2.08. The Balaban J connectivity index is 2.14. The van der Waals surface area contributed by atoms with Crippen LogP contribution in [0.4, 0.5) is 4.39 Å². The zero-order valence-electron chi connectivity index (χ0n) is 8.85. The van der Waals surface area contributed by atoms with E-state index in [1.807, 2.05) is 0 Å². The molecule has 16 heavy (non-hydrogen) atoms. The van der Waals surface area contributed by atoms with Gasteiger partial charge in [-0.2, -0.15) is 5.10 Å². The summed E-state index contributed by atoms with van der Waals surface area (Å²) in [5, 5.41) is 3.97. The molecule has 4 heteroatoms. The fourth-order valence-electron chi connectivity index (χ4n) is 1.51. The van der Waals surface area contributed by atoms with Crippen LogP contribution in [-0.4, -0.2) is 15.6 Å². The van der Waals surface area contributed by atoms with Gasteiger partial charge < -0.3 is 0 Å². The predicted octanol–water partition coefficient (Wildman–Crippen LogP) is 1.98. The SMILES string of the molecule is Cn1cc(CC(=O)c2cccc(F)c2)cn1. The highest BCUT2D eigenvalue weighted by Crippen LogP contribution is 2.08. The topological polar surface area (TPSA) is 34.9 Å². The molecule has 0 bridgehead atoms. The van der Waals surface area contributed by atoms with Gasteiger partial charge in [0.1, 0.15) is 5.82 Å². The normalized spacial score (nSPS) is 10.4. The van der Waals surface area contributed by atoms with E-state index in [2.05, 4.69) is 5.10 Å². The van der Waals surface area contributed by atoms with Gasteiger partial charge in [0.05, 0.1) is 6.20 Å². The number of benzene rings is 1. The minimum Gasteiger partial charge on any atom is -0.294 e. The molecule has 2 aromatic rings. The third-order valence-corrected chi connectivity index (χ3v) is 2.27. The highest BCUT2D eigenvalue weighted by atomic mass is 19.1. The molecule has 1 aromatic heterocycles. The molecule has 1 heterocycles. The average Bonchev–Trinajstić information content (AvgIpc) is 2.64. The van der Waals surface area contributed by atoms with Crippen molar-refractivity contribution < 1.29 is 9.18 Å². The number of carbonyl (C=O) groups excluding carboxylic acids is 1. The molecule has 0 spiro atoms. The molecule has 3 nitrogen and oxygen atoms in total. The van der Waals surface area contributed by atoms with Crippen LogP contribution < -0.4 is 0 Å². The first-order valence-corrected chi connectivity index (χ1v) is 4.91. The molecule has 0 saturated carbocycles. The summed E-state index contributed by atoms with van der Waals surface area (Å²) in [6.07, 6.45) is 3.66. The standard InChI is InChI=1S/C12H11FN2O/c1-15-8-9(7-14-15)5-12(16)10-3-2-4-11(13)6-10/h2-4,6-8H,5H2,1H3. The molecule has 82 valence electrons. The number of hydrogen-bond donors (Lipinski definition) is 0. The van der Waals surface area contributed by atoms with E-state index in [4.69, 9.17) is 0 Å². The van der Waals surface area contributed by atoms with Gasteiger partial charge in [-0.25, -0.2) is 4.39 Å². The van der Waals surface area contributed by atoms with Crippen LogP contribution in [0.1, 0.15) is 15.9 Å². The zero-order chi connectivity index (χ0) is 11.5. The van der Waals surface area contributed by atoms with Gasteiger partial charge in [0.2, 0.25) is 0 Å². The summed E-state index contributed by atoms with van der Waals surface area (Å²) in [5.41, 5.74) is 1.22. The van der Waals surface area contributed by atoms with Crippen molar-refractivity contribution >= 4 is 5.78 Å². The molecular formula is C12H11FN2O. The molecule has 0 N–H and O–H groups in total. The molecule has 0 amide bonds. The molecule has 0 aliphatic rings. The van der Waals surface area contributed by atoms with Gasteiger partial charge in [0.25, 0.3) is 0 Å². The first kappa shape index (κ1) is 10.5. The zero-order valence-corrected chi connectivity index (χ0v) is 8.85. The van der Waals surface area contributed by atoms with Crippen molar-refractivity contribution in [3.05, 3.63) is 53.6 Å². The summed E-state index contributed by atoms with van der Waals surface area (Å²) in [5.74, 6) is -0.496. The van der Waals surface area contributed by atoms with Gasteiger partial charge in [-0.05, 0) is 17.7 Å². The lowest BCUT2D eigenvalue weighted by Gasteiger charge is -1.98. The molecule has 1 aromatic carbocycles. The largest absolute Gasteiger partial charge is 0.294 e. The number of hydrogen-bond acceptors (Lipinski definition) is 2. The number of ketones is 1. The summed E-state index contributed by atoms with van der Waals surface area (Å²) in [6, 6.07) is 5.72. The fraction of sp³-hybridized carbons (Fsp3) is 0.167. The van der Waals surface area contributed by atoms with Gasteiger partial charge in [0.15, 0.2) is 5.78 Å². The number of rotatable bonds is 3. The van der Waals surface area contributed by atoms with Crippen LogP contribution in [0, 0.1) is 5.82 Å². The molecule has 2 rings (SSSR count). The second-order valence-corrected chi connectivity index (χ2v) is 3.63. The number of Topliss-reactive ketones (excluding diaryl/α,β-unsaturated/α-hetero) is 1. The Morgan fingerprint density at radius 2 is 2.31 bits per heavy atom. The van der Waals surface area contributed by atoms with E-state index < -0.39 is 5.82 Å². The van der Waals surface area contributed by atoms with Crippen LogP contribution in [0.25, 0.3) is 0 Å². The quantitative estimate of drug-likeness (QED) is 0.738. The number of halogens is 1.